The molecule has 0 spiro atoms. The van der Waals surface area contributed by atoms with Crippen molar-refractivity contribution in [1.29, 1.82) is 0 Å². The molecule has 78 valence electrons. The number of carbonyl (C=O) groups is 2. The Morgan fingerprint density at radius 2 is 1.71 bits per heavy atom. The molecular formula is C11H16O3. The highest BCUT2D eigenvalue weighted by Gasteiger charge is 2.08. The van der Waals surface area contributed by atoms with Gasteiger partial charge in [0.05, 0.1) is 6.42 Å². The number of cyclic esters (lactones) is 2. The topological polar surface area (TPSA) is 43.4 Å². The second kappa shape index (κ2) is 6.35. The van der Waals surface area contributed by atoms with Gasteiger partial charge in [-0.1, -0.05) is 25.0 Å². The minimum absolute atomic E-state index is 0.214. The minimum atomic E-state index is -0.438. The van der Waals surface area contributed by atoms with E-state index in [1.165, 1.54) is 0 Å². The Kier molecular flexibility index (Phi) is 4.97. The van der Waals surface area contributed by atoms with Crippen molar-refractivity contribution in [2.45, 2.75) is 44.9 Å². The van der Waals surface area contributed by atoms with E-state index < -0.39 is 5.97 Å². The Hall–Kier alpha value is -1.12. The fourth-order valence-corrected chi connectivity index (χ4v) is 1.40. The zero-order chi connectivity index (χ0) is 10.2. The van der Waals surface area contributed by atoms with Gasteiger partial charge >= 0.3 is 11.9 Å². The van der Waals surface area contributed by atoms with E-state index in [4.69, 9.17) is 0 Å². The van der Waals surface area contributed by atoms with Crippen LogP contribution in [0.15, 0.2) is 12.2 Å². The number of esters is 2. The molecule has 0 aromatic heterocycles. The third-order valence-electron chi connectivity index (χ3n) is 2.18. The lowest BCUT2D eigenvalue weighted by Gasteiger charge is -2.03. The summed E-state index contributed by atoms with van der Waals surface area (Å²) in [6, 6.07) is 0. The van der Waals surface area contributed by atoms with Gasteiger partial charge in [-0.25, -0.2) is 0 Å². The smallest absolute Gasteiger partial charge is 0.317 e. The molecule has 3 heteroatoms. The maximum Gasteiger partial charge on any atom is 0.317 e. The molecule has 1 aliphatic rings. The zero-order valence-corrected chi connectivity index (χ0v) is 8.33. The maximum atomic E-state index is 11.0. The van der Waals surface area contributed by atoms with Gasteiger partial charge < -0.3 is 4.74 Å². The van der Waals surface area contributed by atoms with Crippen molar-refractivity contribution < 1.29 is 14.3 Å². The summed E-state index contributed by atoms with van der Waals surface area (Å²) in [7, 11) is 0. The Morgan fingerprint density at radius 3 is 2.57 bits per heavy atom. The van der Waals surface area contributed by atoms with E-state index in [0.717, 1.165) is 32.1 Å². The number of hydrogen-bond donors (Lipinski definition) is 0. The van der Waals surface area contributed by atoms with Crippen molar-refractivity contribution >= 4 is 11.9 Å². The summed E-state index contributed by atoms with van der Waals surface area (Å²) >= 11 is 0. The lowest BCUT2D eigenvalue weighted by molar-refractivity contribution is -0.159. The first-order valence-corrected chi connectivity index (χ1v) is 5.17. The van der Waals surface area contributed by atoms with Gasteiger partial charge in [-0.05, 0) is 19.3 Å². The van der Waals surface area contributed by atoms with E-state index in [-0.39, 0.29) is 12.4 Å². The van der Waals surface area contributed by atoms with Crippen molar-refractivity contribution in [3.05, 3.63) is 12.2 Å². The molecule has 0 fully saturated rings. The lowest BCUT2D eigenvalue weighted by Crippen LogP contribution is -2.11. The molecule has 0 saturated heterocycles. The Morgan fingerprint density at radius 1 is 0.929 bits per heavy atom. The van der Waals surface area contributed by atoms with Crippen molar-refractivity contribution in [2.24, 2.45) is 0 Å². The van der Waals surface area contributed by atoms with Crippen LogP contribution in [-0.2, 0) is 14.3 Å². The predicted octanol–water partition coefficient (Wildman–Crippen LogP) is 2.36. The average molecular weight is 196 g/mol. The SMILES string of the molecule is O=C1C/C=C\CCCCCCC(=O)O1. The summed E-state index contributed by atoms with van der Waals surface area (Å²) in [4.78, 5) is 22.1. The lowest BCUT2D eigenvalue weighted by atomic mass is 10.1. The number of carbonyl (C=O) groups excluding carboxylic acids is 2. The van der Waals surface area contributed by atoms with Crippen LogP contribution in [0.25, 0.3) is 0 Å². The van der Waals surface area contributed by atoms with Crippen molar-refractivity contribution in [1.82, 2.24) is 0 Å². The molecule has 0 atom stereocenters. The average Bonchev–Trinajstić information content (AvgIpc) is 2.13. The molecule has 0 aromatic rings. The fourth-order valence-electron chi connectivity index (χ4n) is 1.40. The summed E-state index contributed by atoms with van der Waals surface area (Å²) < 4.78 is 4.59. The van der Waals surface area contributed by atoms with Gasteiger partial charge in [0, 0.05) is 6.42 Å². The molecule has 1 aliphatic heterocycles. The first-order chi connectivity index (χ1) is 6.79. The van der Waals surface area contributed by atoms with Crippen LogP contribution in [0.5, 0.6) is 0 Å². The molecule has 0 amide bonds. The van der Waals surface area contributed by atoms with Crippen LogP contribution in [0, 0.1) is 0 Å². The zero-order valence-electron chi connectivity index (χ0n) is 8.33. The summed E-state index contributed by atoms with van der Waals surface area (Å²) in [5, 5.41) is 0. The first-order valence-electron chi connectivity index (χ1n) is 5.17. The second-order valence-electron chi connectivity index (χ2n) is 3.47. The highest BCUT2D eigenvalue weighted by molar-refractivity contribution is 5.86. The van der Waals surface area contributed by atoms with Gasteiger partial charge in [-0.2, -0.15) is 0 Å². The molecule has 0 aliphatic carbocycles. The van der Waals surface area contributed by atoms with Gasteiger partial charge in [0.25, 0.3) is 0 Å². The highest BCUT2D eigenvalue weighted by atomic mass is 16.6. The van der Waals surface area contributed by atoms with Gasteiger partial charge in [-0.3, -0.25) is 9.59 Å². The standard InChI is InChI=1S/C11H16O3/c12-10-8-6-4-2-1-3-5-7-9-11(13)14-10/h4,6H,1-3,5,7-9H2/b6-4-. The maximum absolute atomic E-state index is 11.0. The molecule has 0 radical (unpaired) electrons. The molecule has 3 nitrogen and oxygen atoms in total. The summed E-state index contributed by atoms with van der Waals surface area (Å²) in [5.74, 6) is -0.823. The van der Waals surface area contributed by atoms with Crippen LogP contribution >= 0.6 is 0 Å². The Labute approximate surface area is 84.1 Å². The number of hydrogen-bond acceptors (Lipinski definition) is 3. The van der Waals surface area contributed by atoms with Gasteiger partial charge in [0.1, 0.15) is 0 Å². The molecule has 0 N–H and O–H groups in total. The van der Waals surface area contributed by atoms with E-state index in [1.54, 1.807) is 6.08 Å². The highest BCUT2D eigenvalue weighted by Crippen LogP contribution is 2.08. The summed E-state index contributed by atoms with van der Waals surface area (Å²) in [6.07, 6.45) is 9.51. The third kappa shape index (κ3) is 4.80. The van der Waals surface area contributed by atoms with Crippen LogP contribution in [0.3, 0.4) is 0 Å². The van der Waals surface area contributed by atoms with Crippen molar-refractivity contribution in [3.63, 3.8) is 0 Å². The minimum Gasteiger partial charge on any atom is -0.393 e. The summed E-state index contributed by atoms with van der Waals surface area (Å²) in [5.41, 5.74) is 0. The van der Waals surface area contributed by atoms with E-state index in [0.29, 0.717) is 6.42 Å². The molecular weight excluding hydrogens is 180 g/mol. The van der Waals surface area contributed by atoms with E-state index in [2.05, 4.69) is 4.74 Å². The van der Waals surface area contributed by atoms with Crippen molar-refractivity contribution in [2.75, 3.05) is 0 Å². The van der Waals surface area contributed by atoms with Crippen LogP contribution in [0.2, 0.25) is 0 Å². The number of allylic oxidation sites excluding steroid dienone is 1. The molecule has 0 unspecified atom stereocenters. The van der Waals surface area contributed by atoms with Crippen LogP contribution in [0.1, 0.15) is 44.9 Å². The van der Waals surface area contributed by atoms with Crippen molar-refractivity contribution in [3.8, 4) is 0 Å². The van der Waals surface area contributed by atoms with Crippen LogP contribution < -0.4 is 0 Å². The predicted molar refractivity (Wildman–Crippen MR) is 52.6 cm³/mol. The van der Waals surface area contributed by atoms with Gasteiger partial charge in [-0.15, -0.1) is 0 Å². The molecule has 0 bridgehead atoms. The monoisotopic (exact) mass is 196 g/mol. The second-order valence-corrected chi connectivity index (χ2v) is 3.47. The van der Waals surface area contributed by atoms with E-state index in [9.17, 15) is 9.59 Å². The quantitative estimate of drug-likeness (QED) is 0.339. The molecule has 1 heterocycles. The molecule has 0 saturated carbocycles. The van der Waals surface area contributed by atoms with Gasteiger partial charge in [0.2, 0.25) is 0 Å². The van der Waals surface area contributed by atoms with Crippen LogP contribution in [0.4, 0.5) is 0 Å². The first kappa shape index (κ1) is 11.0. The third-order valence-corrected chi connectivity index (χ3v) is 2.18. The normalized spacial score (nSPS) is 23.1. The van der Waals surface area contributed by atoms with E-state index in [1.807, 2.05) is 6.08 Å². The molecule has 14 heavy (non-hydrogen) atoms. The Balaban J connectivity index is 2.40. The molecule has 1 rings (SSSR count). The number of rotatable bonds is 0. The Bertz CT molecular complexity index is 231. The van der Waals surface area contributed by atoms with Crippen LogP contribution in [-0.4, -0.2) is 11.9 Å². The largest absolute Gasteiger partial charge is 0.393 e. The van der Waals surface area contributed by atoms with E-state index >= 15 is 0 Å². The molecule has 0 aromatic carbocycles. The number of ether oxygens (including phenoxy) is 1. The fraction of sp³-hybridized carbons (Fsp3) is 0.636. The summed E-state index contributed by atoms with van der Waals surface area (Å²) in [6.45, 7) is 0. The van der Waals surface area contributed by atoms with Gasteiger partial charge in [0.15, 0.2) is 0 Å².